The molecular weight excluding hydrogens is 398 g/mol. The fourth-order valence-electron chi connectivity index (χ4n) is 3.84. The minimum atomic E-state index is -1.74. The van der Waals surface area contributed by atoms with Crippen molar-refractivity contribution < 1.29 is 19.2 Å². The zero-order chi connectivity index (χ0) is 21.2. The number of para-hydroxylation sites is 1. The quantitative estimate of drug-likeness (QED) is 0.573. The molecule has 0 saturated heterocycles. The van der Waals surface area contributed by atoms with Gasteiger partial charge in [0, 0.05) is 28.2 Å². The van der Waals surface area contributed by atoms with E-state index in [1.807, 2.05) is 0 Å². The lowest BCUT2D eigenvalue weighted by Gasteiger charge is -2.35. The number of amides is 2. The molecule has 9 heteroatoms. The van der Waals surface area contributed by atoms with Gasteiger partial charge in [-0.05, 0) is 24.6 Å². The van der Waals surface area contributed by atoms with Crippen molar-refractivity contribution in [3.05, 3.63) is 74.8 Å². The van der Waals surface area contributed by atoms with Crippen molar-refractivity contribution in [2.75, 3.05) is 25.1 Å². The highest BCUT2D eigenvalue weighted by molar-refractivity contribution is 6.31. The number of ether oxygens (including phenoxy) is 1. The van der Waals surface area contributed by atoms with Gasteiger partial charge >= 0.3 is 6.09 Å². The molecule has 0 radical (unpaired) electrons. The first-order valence-corrected chi connectivity index (χ1v) is 9.39. The summed E-state index contributed by atoms with van der Waals surface area (Å²) in [4.78, 5) is 38.4. The van der Waals surface area contributed by atoms with Gasteiger partial charge in [0.15, 0.2) is 5.54 Å². The Labute approximate surface area is 172 Å². The fourth-order valence-corrected chi connectivity index (χ4v) is 4.10. The zero-order valence-corrected chi connectivity index (χ0v) is 16.7. The van der Waals surface area contributed by atoms with Gasteiger partial charge in [-0.2, -0.15) is 0 Å². The van der Waals surface area contributed by atoms with E-state index in [1.165, 1.54) is 4.90 Å². The van der Waals surface area contributed by atoms with Crippen LogP contribution in [-0.4, -0.2) is 37.1 Å². The summed E-state index contributed by atoms with van der Waals surface area (Å²) in [5.41, 5.74) is -0.349. The average molecular weight is 418 g/mol. The van der Waals surface area contributed by atoms with E-state index in [-0.39, 0.29) is 11.6 Å². The number of likely N-dealkylation sites (N-methyl/N-ethyl adjacent to an activating group) is 1. The zero-order valence-electron chi connectivity index (χ0n) is 15.9. The summed E-state index contributed by atoms with van der Waals surface area (Å²) in [6.07, 6.45) is -0.841. The third-order valence-corrected chi connectivity index (χ3v) is 5.39. The van der Waals surface area contributed by atoms with Gasteiger partial charge in [0.05, 0.1) is 12.5 Å². The van der Waals surface area contributed by atoms with Crippen LogP contribution in [0.4, 0.5) is 10.5 Å². The summed E-state index contributed by atoms with van der Waals surface area (Å²) < 4.78 is 5.03. The predicted octanol–water partition coefficient (Wildman–Crippen LogP) is 3.32. The van der Waals surface area contributed by atoms with Gasteiger partial charge in [-0.1, -0.05) is 48.0 Å². The molecule has 0 saturated carbocycles. The van der Waals surface area contributed by atoms with Gasteiger partial charge in [0.25, 0.3) is 5.91 Å². The number of rotatable bonds is 6. The standard InChI is InChI=1S/C20H20ClN3O5/c1-3-29-19(26)22-20(14-9-5-7-11-17(14)23(2)18(20)25)15(12-24(27)28)13-8-4-6-10-16(13)21/h4-11,15H,3,12H2,1-2H3,(H,22,26). The van der Waals surface area contributed by atoms with E-state index in [9.17, 15) is 19.7 Å². The minimum Gasteiger partial charge on any atom is -0.450 e. The minimum absolute atomic E-state index is 0.0829. The first kappa shape index (κ1) is 20.6. The van der Waals surface area contributed by atoms with Gasteiger partial charge in [-0.25, -0.2) is 4.79 Å². The second-order valence-electron chi connectivity index (χ2n) is 6.62. The molecule has 1 aliphatic heterocycles. The molecule has 1 aliphatic rings. The number of anilines is 1. The van der Waals surface area contributed by atoms with Gasteiger partial charge < -0.3 is 15.0 Å². The number of nitro groups is 1. The van der Waals surface area contributed by atoms with E-state index in [0.717, 1.165) is 0 Å². The second kappa shape index (κ2) is 8.08. The molecule has 8 nitrogen and oxygen atoms in total. The van der Waals surface area contributed by atoms with Crippen LogP contribution in [0.15, 0.2) is 48.5 Å². The van der Waals surface area contributed by atoms with Crippen LogP contribution in [0, 0.1) is 10.1 Å². The topological polar surface area (TPSA) is 102 Å². The van der Waals surface area contributed by atoms with Crippen LogP contribution in [-0.2, 0) is 15.1 Å². The van der Waals surface area contributed by atoms with Crippen LogP contribution < -0.4 is 10.2 Å². The number of halogens is 1. The largest absolute Gasteiger partial charge is 0.450 e. The maximum atomic E-state index is 13.5. The van der Waals surface area contributed by atoms with E-state index in [4.69, 9.17) is 16.3 Å². The third-order valence-electron chi connectivity index (χ3n) is 5.04. The van der Waals surface area contributed by atoms with Crippen molar-refractivity contribution in [2.45, 2.75) is 18.4 Å². The van der Waals surface area contributed by atoms with Crippen molar-refractivity contribution in [3.63, 3.8) is 0 Å². The highest BCUT2D eigenvalue weighted by Crippen LogP contribution is 2.49. The van der Waals surface area contributed by atoms with Crippen LogP contribution >= 0.6 is 11.6 Å². The summed E-state index contributed by atoms with van der Waals surface area (Å²) in [6.45, 7) is 1.09. The molecule has 2 aromatic rings. The first-order valence-electron chi connectivity index (χ1n) is 9.01. The van der Waals surface area contributed by atoms with Crippen LogP contribution in [0.2, 0.25) is 5.02 Å². The van der Waals surface area contributed by atoms with Crippen LogP contribution in [0.3, 0.4) is 0 Å². The molecule has 0 aromatic heterocycles. The summed E-state index contributed by atoms with van der Waals surface area (Å²) >= 11 is 6.36. The number of fused-ring (bicyclic) bond motifs is 1. The first-order chi connectivity index (χ1) is 13.8. The number of carbonyl (C=O) groups excluding carboxylic acids is 2. The smallest absolute Gasteiger partial charge is 0.408 e. The normalized spacial score (nSPS) is 18.9. The number of nitrogens with zero attached hydrogens (tertiary/aromatic N) is 2. The fraction of sp³-hybridized carbons (Fsp3) is 0.300. The highest BCUT2D eigenvalue weighted by Gasteiger charge is 2.58. The highest BCUT2D eigenvalue weighted by atomic mass is 35.5. The summed E-state index contributed by atoms with van der Waals surface area (Å²) in [5.74, 6) is -1.56. The Balaban J connectivity index is 2.29. The molecule has 0 fully saturated rings. The average Bonchev–Trinajstić information content (AvgIpc) is 2.90. The van der Waals surface area contributed by atoms with Crippen molar-refractivity contribution in [1.82, 2.24) is 5.32 Å². The molecule has 152 valence electrons. The van der Waals surface area contributed by atoms with Gasteiger partial charge in [-0.3, -0.25) is 14.9 Å². The van der Waals surface area contributed by atoms with Crippen molar-refractivity contribution >= 4 is 29.3 Å². The molecule has 29 heavy (non-hydrogen) atoms. The lowest BCUT2D eigenvalue weighted by atomic mass is 9.75. The number of hydrogen-bond donors (Lipinski definition) is 1. The van der Waals surface area contributed by atoms with E-state index in [2.05, 4.69) is 5.32 Å². The van der Waals surface area contributed by atoms with E-state index in [0.29, 0.717) is 16.8 Å². The molecule has 0 aliphatic carbocycles. The van der Waals surface area contributed by atoms with Crippen molar-refractivity contribution in [2.24, 2.45) is 0 Å². The number of hydrogen-bond acceptors (Lipinski definition) is 5. The Morgan fingerprint density at radius 2 is 1.93 bits per heavy atom. The molecule has 2 atom stereocenters. The molecule has 2 aromatic carbocycles. The Kier molecular flexibility index (Phi) is 5.74. The number of nitrogens with one attached hydrogen (secondary N) is 1. The molecule has 1 heterocycles. The Morgan fingerprint density at radius 1 is 1.28 bits per heavy atom. The van der Waals surface area contributed by atoms with Gasteiger partial charge in [0.2, 0.25) is 6.54 Å². The maximum absolute atomic E-state index is 13.5. The van der Waals surface area contributed by atoms with Crippen LogP contribution in [0.1, 0.15) is 24.0 Å². The number of benzene rings is 2. The Hall–Kier alpha value is -3.13. The SMILES string of the molecule is CCOC(=O)NC1(C(C[N+](=O)[O-])c2ccccc2Cl)C(=O)N(C)c2ccccc21. The second-order valence-corrected chi connectivity index (χ2v) is 7.03. The Bertz CT molecular complexity index is 967. The summed E-state index contributed by atoms with van der Waals surface area (Å²) in [7, 11) is 1.56. The molecule has 0 bridgehead atoms. The molecule has 3 rings (SSSR count). The Morgan fingerprint density at radius 3 is 2.59 bits per heavy atom. The van der Waals surface area contributed by atoms with Gasteiger partial charge in [-0.15, -0.1) is 0 Å². The lowest BCUT2D eigenvalue weighted by Crippen LogP contribution is -2.57. The van der Waals surface area contributed by atoms with Crippen molar-refractivity contribution in [1.29, 1.82) is 0 Å². The van der Waals surface area contributed by atoms with E-state index < -0.39 is 34.9 Å². The molecule has 0 spiro atoms. The molecular formula is C20H20ClN3O5. The monoisotopic (exact) mass is 417 g/mol. The molecule has 1 N–H and O–H groups in total. The van der Waals surface area contributed by atoms with E-state index in [1.54, 1.807) is 62.5 Å². The lowest BCUT2D eigenvalue weighted by molar-refractivity contribution is -0.485. The maximum Gasteiger partial charge on any atom is 0.408 e. The van der Waals surface area contributed by atoms with Crippen molar-refractivity contribution in [3.8, 4) is 0 Å². The van der Waals surface area contributed by atoms with Crippen LogP contribution in [0.5, 0.6) is 0 Å². The third kappa shape index (κ3) is 3.51. The summed E-state index contributed by atoms with van der Waals surface area (Å²) in [5, 5.41) is 14.5. The van der Waals surface area contributed by atoms with E-state index >= 15 is 0 Å². The van der Waals surface area contributed by atoms with Crippen LogP contribution in [0.25, 0.3) is 0 Å². The molecule has 2 unspecified atom stereocenters. The number of alkyl carbamates (subject to hydrolysis) is 1. The number of carbonyl (C=O) groups is 2. The summed E-state index contributed by atoms with van der Waals surface area (Å²) in [6, 6.07) is 13.4. The van der Waals surface area contributed by atoms with Gasteiger partial charge in [0.1, 0.15) is 0 Å². The molecule has 2 amide bonds. The predicted molar refractivity (Wildman–Crippen MR) is 108 cm³/mol.